The number of anilines is 2. The van der Waals surface area contributed by atoms with E-state index in [4.69, 9.17) is 11.6 Å². The average Bonchev–Trinajstić information content (AvgIpc) is 3.34. The number of hydrogen-bond acceptors (Lipinski definition) is 5. The van der Waals surface area contributed by atoms with Gasteiger partial charge in [-0.3, -0.25) is 19.4 Å². The fourth-order valence-corrected chi connectivity index (χ4v) is 5.41. The van der Waals surface area contributed by atoms with Gasteiger partial charge in [0.2, 0.25) is 17.7 Å². The first kappa shape index (κ1) is 21.5. The molecule has 0 bridgehead atoms. The maximum absolute atomic E-state index is 14.6. The zero-order valence-electron chi connectivity index (χ0n) is 18.1. The molecular formula is C26H18ClFN4O3. The van der Waals surface area contributed by atoms with Crippen LogP contribution in [0.1, 0.15) is 17.2 Å². The maximum atomic E-state index is 14.6. The van der Waals surface area contributed by atoms with Crippen molar-refractivity contribution >= 4 is 46.9 Å². The number of amides is 3. The molecular weight excluding hydrogens is 471 g/mol. The van der Waals surface area contributed by atoms with Crippen LogP contribution < -0.4 is 10.2 Å². The number of rotatable bonds is 3. The Bertz CT molecular complexity index is 1410. The van der Waals surface area contributed by atoms with E-state index in [0.717, 1.165) is 16.0 Å². The molecule has 6 rings (SSSR count). The van der Waals surface area contributed by atoms with Crippen molar-refractivity contribution in [3.05, 3.63) is 94.8 Å². The number of halogens is 2. The number of carbonyl (C=O) groups excluding carboxylic acids is 3. The van der Waals surface area contributed by atoms with Gasteiger partial charge < -0.3 is 5.32 Å². The molecule has 3 aromatic carbocycles. The van der Waals surface area contributed by atoms with Crippen molar-refractivity contribution < 1.29 is 18.8 Å². The van der Waals surface area contributed by atoms with Crippen molar-refractivity contribution in [2.45, 2.75) is 12.1 Å². The molecule has 3 aromatic rings. The Morgan fingerprint density at radius 2 is 1.60 bits per heavy atom. The average molecular weight is 489 g/mol. The summed E-state index contributed by atoms with van der Waals surface area (Å²) in [6.07, 6.45) is 1.62. The molecule has 9 heteroatoms. The van der Waals surface area contributed by atoms with Crippen molar-refractivity contribution in [1.29, 1.82) is 0 Å². The number of hydrazone groups is 1. The molecule has 2 saturated heterocycles. The molecule has 3 aliphatic heterocycles. The molecule has 0 aromatic heterocycles. The highest BCUT2D eigenvalue weighted by atomic mass is 35.5. The summed E-state index contributed by atoms with van der Waals surface area (Å²) in [4.78, 5) is 41.8. The van der Waals surface area contributed by atoms with Crippen LogP contribution in [-0.4, -0.2) is 35.0 Å². The third-order valence-electron chi connectivity index (χ3n) is 6.77. The number of imide groups is 1. The van der Waals surface area contributed by atoms with Gasteiger partial charge in [0.1, 0.15) is 11.9 Å². The number of benzene rings is 3. The van der Waals surface area contributed by atoms with Gasteiger partial charge in [0.25, 0.3) is 0 Å². The maximum Gasteiger partial charge on any atom is 0.249 e. The molecule has 174 valence electrons. The number of fused-ring (bicyclic) bond motifs is 5. The quantitative estimate of drug-likeness (QED) is 0.565. The molecule has 3 aliphatic rings. The summed E-state index contributed by atoms with van der Waals surface area (Å²) < 4.78 is 14.6. The van der Waals surface area contributed by atoms with E-state index in [-0.39, 0.29) is 5.69 Å². The lowest BCUT2D eigenvalue weighted by Crippen LogP contribution is -2.46. The normalized spacial score (nSPS) is 24.3. The molecule has 0 aliphatic carbocycles. The molecule has 1 N–H and O–H groups in total. The molecule has 3 heterocycles. The zero-order chi connectivity index (χ0) is 24.3. The van der Waals surface area contributed by atoms with Crippen LogP contribution in [0.4, 0.5) is 15.8 Å². The van der Waals surface area contributed by atoms with E-state index in [0.29, 0.717) is 10.7 Å². The Morgan fingerprint density at radius 3 is 2.37 bits per heavy atom. The summed E-state index contributed by atoms with van der Waals surface area (Å²) in [5, 5.41) is 9.35. The third kappa shape index (κ3) is 3.24. The van der Waals surface area contributed by atoms with Crippen molar-refractivity contribution in [2.24, 2.45) is 16.9 Å². The van der Waals surface area contributed by atoms with E-state index >= 15 is 0 Å². The predicted octanol–water partition coefficient (Wildman–Crippen LogP) is 4.00. The highest BCUT2D eigenvalue weighted by Crippen LogP contribution is 2.52. The van der Waals surface area contributed by atoms with Gasteiger partial charge in [-0.05, 0) is 47.5 Å². The molecule has 1 unspecified atom stereocenters. The lowest BCUT2D eigenvalue weighted by molar-refractivity contribution is -0.129. The van der Waals surface area contributed by atoms with Gasteiger partial charge in [-0.2, -0.15) is 5.10 Å². The molecule has 7 nitrogen and oxygen atoms in total. The Kier molecular flexibility index (Phi) is 4.93. The van der Waals surface area contributed by atoms with Crippen molar-refractivity contribution in [2.75, 3.05) is 10.2 Å². The van der Waals surface area contributed by atoms with Crippen molar-refractivity contribution in [1.82, 2.24) is 5.01 Å². The van der Waals surface area contributed by atoms with Crippen molar-refractivity contribution in [3.8, 4) is 0 Å². The molecule has 4 atom stereocenters. The number of carbonyl (C=O) groups is 3. The van der Waals surface area contributed by atoms with Crippen LogP contribution in [0.3, 0.4) is 0 Å². The SMILES string of the molecule is O=C(Nc1ccc(Cl)cc1)[C@H]1[C@H]2C(=O)N(c3ccccc3F)C(=O)[C@H]2C2c3ccccc3C=NN21. The number of nitrogens with zero attached hydrogens (tertiary/aromatic N) is 3. The van der Waals surface area contributed by atoms with E-state index < -0.39 is 47.5 Å². The minimum Gasteiger partial charge on any atom is -0.324 e. The predicted molar refractivity (Wildman–Crippen MR) is 128 cm³/mol. The second-order valence-electron chi connectivity index (χ2n) is 8.65. The van der Waals surface area contributed by atoms with E-state index in [1.165, 1.54) is 23.2 Å². The van der Waals surface area contributed by atoms with Crippen LogP contribution >= 0.6 is 11.6 Å². The smallest absolute Gasteiger partial charge is 0.249 e. The van der Waals surface area contributed by atoms with Gasteiger partial charge in [0.05, 0.1) is 29.8 Å². The van der Waals surface area contributed by atoms with Crippen LogP contribution in [0.5, 0.6) is 0 Å². The monoisotopic (exact) mass is 488 g/mol. The fraction of sp³-hybridized carbons (Fsp3) is 0.154. The lowest BCUT2D eigenvalue weighted by atomic mass is 9.85. The topological polar surface area (TPSA) is 82.1 Å². The Morgan fingerprint density at radius 1 is 0.914 bits per heavy atom. The molecule has 0 radical (unpaired) electrons. The van der Waals surface area contributed by atoms with Crippen LogP contribution in [0, 0.1) is 17.7 Å². The molecule has 3 amide bonds. The number of hydrogen-bond donors (Lipinski definition) is 1. The lowest BCUT2D eigenvalue weighted by Gasteiger charge is -2.33. The van der Waals surface area contributed by atoms with Crippen LogP contribution in [0.25, 0.3) is 0 Å². The first-order valence-corrected chi connectivity index (χ1v) is 11.4. The minimum atomic E-state index is -1.07. The van der Waals surface area contributed by atoms with E-state index in [2.05, 4.69) is 10.4 Å². The number of nitrogens with one attached hydrogen (secondary N) is 1. The molecule has 0 saturated carbocycles. The fourth-order valence-electron chi connectivity index (χ4n) is 5.29. The summed E-state index contributed by atoms with van der Waals surface area (Å²) in [5.41, 5.74) is 1.96. The second-order valence-corrected chi connectivity index (χ2v) is 9.09. The molecule has 2 fully saturated rings. The summed E-state index contributed by atoms with van der Waals surface area (Å²) in [5.74, 6) is -4.28. The molecule has 0 spiro atoms. The Hall–Kier alpha value is -4.04. The summed E-state index contributed by atoms with van der Waals surface area (Å²) in [6.45, 7) is 0. The van der Waals surface area contributed by atoms with Crippen LogP contribution in [0.2, 0.25) is 5.02 Å². The zero-order valence-corrected chi connectivity index (χ0v) is 18.9. The van der Waals surface area contributed by atoms with Crippen LogP contribution in [-0.2, 0) is 14.4 Å². The van der Waals surface area contributed by atoms with E-state index in [1.54, 1.807) is 36.5 Å². The Balaban J connectivity index is 1.45. The minimum absolute atomic E-state index is 0.118. The Labute approximate surface area is 204 Å². The van der Waals surface area contributed by atoms with Gasteiger partial charge >= 0.3 is 0 Å². The summed E-state index contributed by atoms with van der Waals surface area (Å²) >= 11 is 5.95. The first-order chi connectivity index (χ1) is 17.0. The van der Waals surface area contributed by atoms with Gasteiger partial charge in [-0.1, -0.05) is 48.0 Å². The third-order valence-corrected chi connectivity index (χ3v) is 7.02. The van der Waals surface area contributed by atoms with E-state index in [9.17, 15) is 18.8 Å². The standard InChI is InChI=1S/C26H18ClFN4O3/c27-15-9-11-16(12-10-15)30-24(33)23-21-20(22-17-6-2-1-5-14(17)13-29-32(22)23)25(34)31(26(21)35)19-8-4-3-7-18(19)28/h1-13,20-23H,(H,30,33)/t20-,21+,22?,23-/m1/s1. The second kappa shape index (κ2) is 8.02. The van der Waals surface area contributed by atoms with Gasteiger partial charge in [-0.15, -0.1) is 0 Å². The summed E-state index contributed by atoms with van der Waals surface area (Å²) in [6, 6.07) is 17.9. The van der Waals surface area contributed by atoms with Crippen molar-refractivity contribution in [3.63, 3.8) is 0 Å². The molecule has 35 heavy (non-hydrogen) atoms. The highest BCUT2D eigenvalue weighted by molar-refractivity contribution is 6.30. The largest absolute Gasteiger partial charge is 0.324 e. The summed E-state index contributed by atoms with van der Waals surface area (Å²) in [7, 11) is 0. The van der Waals surface area contributed by atoms with Gasteiger partial charge in [0.15, 0.2) is 0 Å². The van der Waals surface area contributed by atoms with Crippen LogP contribution in [0.15, 0.2) is 77.9 Å². The number of para-hydroxylation sites is 1. The van der Waals surface area contributed by atoms with Gasteiger partial charge in [0, 0.05) is 10.7 Å². The first-order valence-electron chi connectivity index (χ1n) is 11.1. The highest BCUT2D eigenvalue weighted by Gasteiger charge is 2.65. The van der Waals surface area contributed by atoms with E-state index in [1.807, 2.05) is 24.3 Å². The van der Waals surface area contributed by atoms with Gasteiger partial charge in [-0.25, -0.2) is 9.29 Å².